The van der Waals surface area contributed by atoms with E-state index < -0.39 is 0 Å². The Morgan fingerprint density at radius 1 is 1.67 bits per heavy atom. The number of unbranched alkanes of at least 4 members (excludes halogenated alkanes) is 1. The summed E-state index contributed by atoms with van der Waals surface area (Å²) in [5.41, 5.74) is 0. The summed E-state index contributed by atoms with van der Waals surface area (Å²) in [5.74, 6) is 0. The van der Waals surface area contributed by atoms with Crippen LogP contribution in [-0.2, 0) is 6.54 Å². The molecule has 0 saturated carbocycles. The van der Waals surface area contributed by atoms with Gasteiger partial charge in [0, 0.05) is 18.9 Å². The molecule has 0 bridgehead atoms. The van der Waals surface area contributed by atoms with E-state index in [1.165, 1.54) is 12.8 Å². The number of imidazole rings is 1. The Morgan fingerprint density at radius 3 is 2.75 bits per heavy atom. The minimum Gasteiger partial charge on any atom is -0.337 e. The molecule has 4 heteroatoms. The van der Waals surface area contributed by atoms with Crippen molar-refractivity contribution in [3.63, 3.8) is 0 Å². The molecule has 0 unspecified atom stereocenters. The van der Waals surface area contributed by atoms with Gasteiger partial charge in [0.1, 0.15) is 0 Å². The fourth-order valence-corrected chi connectivity index (χ4v) is 0.760. The average Bonchev–Trinajstić information content (AvgIpc) is 2.54. The van der Waals surface area contributed by atoms with Crippen molar-refractivity contribution in [3.8, 4) is 0 Å². The summed E-state index contributed by atoms with van der Waals surface area (Å²) in [4.78, 5) is 3.94. The average molecular weight is 183 g/mol. The number of nitrogens with zero attached hydrogens (tertiary/aromatic N) is 2. The van der Waals surface area contributed by atoms with Crippen molar-refractivity contribution >= 4 is 17.4 Å². The minimum absolute atomic E-state index is 1.11. The van der Waals surface area contributed by atoms with Crippen molar-refractivity contribution in [2.75, 3.05) is 0 Å². The molecule has 0 aliphatic heterocycles. The third kappa shape index (κ3) is 5.77. The molecule has 0 aliphatic rings. The molecule has 1 N–H and O–H groups in total. The van der Waals surface area contributed by atoms with Gasteiger partial charge in [-0.2, -0.15) is 0 Å². The Morgan fingerprint density at radius 2 is 2.33 bits per heavy atom. The quantitative estimate of drug-likeness (QED) is 0.577. The normalized spacial score (nSPS) is 8.08. The molecule has 0 saturated heterocycles. The summed E-state index contributed by atoms with van der Waals surface area (Å²) in [5, 5.41) is 7.36. The lowest BCUT2D eigenvalue weighted by molar-refractivity contribution is 0.631. The Kier molecular flexibility index (Phi) is 7.44. The molecule has 0 radical (unpaired) electrons. The van der Waals surface area contributed by atoms with E-state index in [0.29, 0.717) is 0 Å². The predicted octanol–water partition coefficient (Wildman–Crippen LogP) is 2.35. The van der Waals surface area contributed by atoms with Crippen LogP contribution in [0.25, 0.3) is 0 Å². The van der Waals surface area contributed by atoms with Crippen LogP contribution in [-0.4, -0.2) is 14.7 Å². The highest BCUT2D eigenvalue weighted by atomic mass is 32.1. The second kappa shape index (κ2) is 8.11. The smallest absolute Gasteiger partial charge is 0.0945 e. The van der Waals surface area contributed by atoms with Crippen molar-refractivity contribution in [1.82, 2.24) is 9.55 Å². The van der Waals surface area contributed by atoms with E-state index in [1.54, 1.807) is 5.16 Å². The summed E-state index contributed by atoms with van der Waals surface area (Å²) >= 11 is 3.81. The van der Waals surface area contributed by atoms with Gasteiger partial charge in [0.05, 0.1) is 11.5 Å². The first-order valence-corrected chi connectivity index (χ1v) is 4.25. The van der Waals surface area contributed by atoms with E-state index in [4.69, 9.17) is 5.41 Å². The molecule has 0 amide bonds. The lowest BCUT2D eigenvalue weighted by Gasteiger charge is -1.96. The standard InChI is InChI=1S/C7H12N2.CHNS/c1-2-3-5-9-6-4-8-7-9;2-1-3/h4,6-7H,2-3,5H2,1H3;2H. The lowest BCUT2D eigenvalue weighted by atomic mass is 10.3. The molecule has 1 aromatic heterocycles. The summed E-state index contributed by atoms with van der Waals surface area (Å²) in [7, 11) is 0. The number of hydrogen-bond acceptors (Lipinski definition) is 3. The molecule has 1 heterocycles. The van der Waals surface area contributed by atoms with E-state index in [9.17, 15) is 0 Å². The Hall–Kier alpha value is -0.990. The third-order valence-corrected chi connectivity index (χ3v) is 1.33. The van der Waals surface area contributed by atoms with E-state index in [-0.39, 0.29) is 0 Å². The van der Waals surface area contributed by atoms with Gasteiger partial charge in [0.2, 0.25) is 0 Å². The van der Waals surface area contributed by atoms with Gasteiger partial charge in [-0.1, -0.05) is 13.3 Å². The maximum absolute atomic E-state index is 5.77. The van der Waals surface area contributed by atoms with Crippen LogP contribution in [0, 0.1) is 5.41 Å². The molecule has 1 aromatic rings. The minimum atomic E-state index is 1.11. The zero-order valence-corrected chi connectivity index (χ0v) is 7.97. The highest BCUT2D eigenvalue weighted by Gasteiger charge is 1.85. The van der Waals surface area contributed by atoms with Gasteiger partial charge < -0.3 is 4.57 Å². The molecule has 12 heavy (non-hydrogen) atoms. The first kappa shape index (κ1) is 11.0. The predicted molar refractivity (Wildman–Crippen MR) is 52.5 cm³/mol. The van der Waals surface area contributed by atoms with Crippen LogP contribution in [0.5, 0.6) is 0 Å². The molecule has 3 nitrogen and oxygen atoms in total. The fraction of sp³-hybridized carbons (Fsp3) is 0.500. The number of rotatable bonds is 3. The Bertz CT molecular complexity index is 212. The van der Waals surface area contributed by atoms with Crippen LogP contribution in [0.4, 0.5) is 0 Å². The molecule has 1 rings (SSSR count). The summed E-state index contributed by atoms with van der Waals surface area (Å²) in [6.07, 6.45) is 8.16. The number of aromatic nitrogens is 2. The molecule has 0 aromatic carbocycles. The van der Waals surface area contributed by atoms with Gasteiger partial charge in [0.15, 0.2) is 0 Å². The number of nitrogens with one attached hydrogen (secondary N) is 1. The number of thiocarbonyl (C=S) groups is 1. The van der Waals surface area contributed by atoms with E-state index in [2.05, 4.69) is 28.7 Å². The maximum Gasteiger partial charge on any atom is 0.0945 e. The fourth-order valence-electron chi connectivity index (χ4n) is 0.760. The van der Waals surface area contributed by atoms with Gasteiger partial charge in [-0.25, -0.2) is 10.4 Å². The van der Waals surface area contributed by atoms with Crippen molar-refractivity contribution in [2.24, 2.45) is 0 Å². The van der Waals surface area contributed by atoms with E-state index >= 15 is 0 Å². The van der Waals surface area contributed by atoms with E-state index in [1.807, 2.05) is 18.7 Å². The van der Waals surface area contributed by atoms with Crippen LogP contribution >= 0.6 is 12.2 Å². The van der Waals surface area contributed by atoms with E-state index in [0.717, 1.165) is 6.54 Å². The Labute approximate surface area is 77.9 Å². The van der Waals surface area contributed by atoms with Crippen molar-refractivity contribution < 1.29 is 0 Å². The number of hydrogen-bond donors (Lipinski definition) is 1. The zero-order valence-electron chi connectivity index (χ0n) is 7.16. The second-order valence-corrected chi connectivity index (χ2v) is 2.46. The third-order valence-electron chi connectivity index (χ3n) is 1.33. The summed E-state index contributed by atoms with van der Waals surface area (Å²) in [6, 6.07) is 0. The van der Waals surface area contributed by atoms with Crippen LogP contribution in [0.2, 0.25) is 0 Å². The van der Waals surface area contributed by atoms with Gasteiger partial charge in [-0.15, -0.1) is 0 Å². The first-order valence-electron chi connectivity index (χ1n) is 3.84. The number of isothiocyanates is 1. The van der Waals surface area contributed by atoms with Gasteiger partial charge in [0.25, 0.3) is 0 Å². The van der Waals surface area contributed by atoms with Crippen molar-refractivity contribution in [1.29, 1.82) is 5.41 Å². The SMILES string of the molecule is CCCCn1ccnc1.N=C=S. The second-order valence-electron chi connectivity index (χ2n) is 2.26. The monoisotopic (exact) mass is 183 g/mol. The molecule has 0 aliphatic carbocycles. The van der Waals surface area contributed by atoms with Crippen LogP contribution in [0.3, 0.4) is 0 Å². The molecule has 0 fully saturated rings. The van der Waals surface area contributed by atoms with Gasteiger partial charge in [-0.05, 0) is 18.6 Å². The van der Waals surface area contributed by atoms with Crippen molar-refractivity contribution in [3.05, 3.63) is 18.7 Å². The highest BCUT2D eigenvalue weighted by molar-refractivity contribution is 7.78. The molecule has 0 spiro atoms. The molecular formula is C8H13N3S. The summed E-state index contributed by atoms with van der Waals surface area (Å²) in [6.45, 7) is 3.30. The molecular weight excluding hydrogens is 170 g/mol. The van der Waals surface area contributed by atoms with Gasteiger partial charge in [-0.3, -0.25) is 0 Å². The first-order chi connectivity index (χ1) is 5.85. The molecule has 66 valence electrons. The van der Waals surface area contributed by atoms with Gasteiger partial charge >= 0.3 is 0 Å². The lowest BCUT2D eigenvalue weighted by Crippen LogP contribution is -1.92. The van der Waals surface area contributed by atoms with Crippen LogP contribution < -0.4 is 0 Å². The molecule has 0 atom stereocenters. The largest absolute Gasteiger partial charge is 0.337 e. The zero-order chi connectivity index (χ0) is 9.23. The topological polar surface area (TPSA) is 41.7 Å². The maximum atomic E-state index is 5.77. The Balaban J connectivity index is 0.000000354. The van der Waals surface area contributed by atoms with Crippen LogP contribution in [0.15, 0.2) is 18.7 Å². The summed E-state index contributed by atoms with van der Waals surface area (Å²) < 4.78 is 2.10. The number of aryl methyl sites for hydroxylation is 1. The van der Waals surface area contributed by atoms with Crippen LogP contribution in [0.1, 0.15) is 19.8 Å². The highest BCUT2D eigenvalue weighted by Crippen LogP contribution is 1.92. The van der Waals surface area contributed by atoms with Crippen molar-refractivity contribution in [2.45, 2.75) is 26.3 Å².